The number of carbonyl (C=O) groups excluding carboxylic acids is 1. The first-order valence-corrected chi connectivity index (χ1v) is 6.85. The van der Waals surface area contributed by atoms with Gasteiger partial charge in [-0.2, -0.15) is 0 Å². The highest BCUT2D eigenvalue weighted by atomic mass is 16.3. The van der Waals surface area contributed by atoms with Crippen LogP contribution in [0.2, 0.25) is 0 Å². The summed E-state index contributed by atoms with van der Waals surface area (Å²) in [5.74, 6) is 1.22. The zero-order chi connectivity index (χ0) is 12.3. The Hall–Kier alpha value is -0.610. The molecule has 2 aliphatic carbocycles. The Kier molecular flexibility index (Phi) is 4.40. The Morgan fingerprint density at radius 2 is 1.88 bits per heavy atom. The highest BCUT2D eigenvalue weighted by Crippen LogP contribution is 2.32. The molecule has 2 rings (SSSR count). The predicted molar refractivity (Wildman–Crippen MR) is 66.3 cm³/mol. The summed E-state index contributed by atoms with van der Waals surface area (Å²) >= 11 is 0. The molecule has 4 N–H and O–H groups in total. The summed E-state index contributed by atoms with van der Waals surface area (Å²) in [6, 6.07) is 0.0585. The summed E-state index contributed by atoms with van der Waals surface area (Å²) in [6.45, 7) is 0.753. The lowest BCUT2D eigenvalue weighted by Crippen LogP contribution is -2.36. The summed E-state index contributed by atoms with van der Waals surface area (Å²) in [5.41, 5.74) is 5.91. The SMILES string of the molecule is NC(CC(=O)NCC1CCC(O)CC1)C1CC1. The van der Waals surface area contributed by atoms with Crippen LogP contribution in [-0.2, 0) is 4.79 Å². The van der Waals surface area contributed by atoms with Crippen LogP contribution < -0.4 is 11.1 Å². The zero-order valence-corrected chi connectivity index (χ0v) is 10.4. The first kappa shape index (κ1) is 12.8. The molecule has 1 amide bonds. The molecule has 4 heteroatoms. The summed E-state index contributed by atoms with van der Waals surface area (Å²) in [7, 11) is 0. The molecule has 0 bridgehead atoms. The number of aliphatic hydroxyl groups excluding tert-OH is 1. The molecule has 0 spiro atoms. The van der Waals surface area contributed by atoms with E-state index in [1.54, 1.807) is 0 Å². The van der Waals surface area contributed by atoms with Gasteiger partial charge in [0, 0.05) is 19.0 Å². The number of carbonyl (C=O) groups is 1. The number of amides is 1. The smallest absolute Gasteiger partial charge is 0.221 e. The van der Waals surface area contributed by atoms with Crippen molar-refractivity contribution in [2.75, 3.05) is 6.54 Å². The highest BCUT2D eigenvalue weighted by molar-refractivity contribution is 5.76. The maximum Gasteiger partial charge on any atom is 0.221 e. The molecule has 2 fully saturated rings. The minimum Gasteiger partial charge on any atom is -0.393 e. The fraction of sp³-hybridized carbons (Fsp3) is 0.923. The van der Waals surface area contributed by atoms with Gasteiger partial charge in [-0.1, -0.05) is 0 Å². The van der Waals surface area contributed by atoms with E-state index in [9.17, 15) is 9.90 Å². The van der Waals surface area contributed by atoms with Gasteiger partial charge in [-0.05, 0) is 50.4 Å². The standard InChI is InChI=1S/C13H24N2O2/c14-12(10-3-4-10)7-13(17)15-8-9-1-5-11(16)6-2-9/h9-12,16H,1-8,14H2,(H,15,17). The number of nitrogens with one attached hydrogen (secondary N) is 1. The van der Waals surface area contributed by atoms with Gasteiger partial charge in [-0.15, -0.1) is 0 Å². The summed E-state index contributed by atoms with van der Waals surface area (Å²) < 4.78 is 0. The van der Waals surface area contributed by atoms with E-state index in [0.717, 1.165) is 32.2 Å². The fourth-order valence-corrected chi connectivity index (χ4v) is 2.58. The van der Waals surface area contributed by atoms with Gasteiger partial charge in [0.15, 0.2) is 0 Å². The molecule has 0 aromatic rings. The third-order valence-electron chi connectivity index (χ3n) is 4.05. The third kappa shape index (κ3) is 4.28. The van der Waals surface area contributed by atoms with Crippen molar-refractivity contribution >= 4 is 5.91 Å². The molecule has 0 saturated heterocycles. The van der Waals surface area contributed by atoms with Crippen molar-refractivity contribution < 1.29 is 9.90 Å². The van der Waals surface area contributed by atoms with Crippen LogP contribution in [0.1, 0.15) is 44.9 Å². The van der Waals surface area contributed by atoms with Crippen LogP contribution >= 0.6 is 0 Å². The van der Waals surface area contributed by atoms with Crippen LogP contribution in [-0.4, -0.2) is 29.7 Å². The summed E-state index contributed by atoms with van der Waals surface area (Å²) in [5, 5.41) is 12.4. The zero-order valence-electron chi connectivity index (χ0n) is 10.4. The number of rotatable bonds is 5. The third-order valence-corrected chi connectivity index (χ3v) is 4.05. The molecule has 2 saturated carbocycles. The van der Waals surface area contributed by atoms with Crippen LogP contribution in [0.3, 0.4) is 0 Å². The van der Waals surface area contributed by atoms with Crippen LogP contribution in [0.4, 0.5) is 0 Å². The van der Waals surface area contributed by atoms with Crippen molar-refractivity contribution in [1.82, 2.24) is 5.32 Å². The van der Waals surface area contributed by atoms with Crippen LogP contribution in [0.25, 0.3) is 0 Å². The Balaban J connectivity index is 1.59. The number of nitrogens with two attached hydrogens (primary N) is 1. The molecular weight excluding hydrogens is 216 g/mol. The lowest BCUT2D eigenvalue weighted by atomic mass is 9.87. The number of hydrogen-bond donors (Lipinski definition) is 3. The first-order chi connectivity index (χ1) is 8.15. The molecule has 0 aromatic heterocycles. The minimum atomic E-state index is -0.120. The van der Waals surface area contributed by atoms with Crippen molar-refractivity contribution in [3.8, 4) is 0 Å². The second kappa shape index (κ2) is 5.83. The van der Waals surface area contributed by atoms with Crippen molar-refractivity contribution in [3.05, 3.63) is 0 Å². The molecule has 98 valence electrons. The van der Waals surface area contributed by atoms with Crippen LogP contribution in [0, 0.1) is 11.8 Å². The van der Waals surface area contributed by atoms with E-state index in [1.807, 2.05) is 0 Å². The van der Waals surface area contributed by atoms with Crippen LogP contribution in [0.5, 0.6) is 0 Å². The predicted octanol–water partition coefficient (Wildman–Crippen LogP) is 0.781. The van der Waals surface area contributed by atoms with Crippen molar-refractivity contribution in [2.45, 2.75) is 57.1 Å². The fourth-order valence-electron chi connectivity index (χ4n) is 2.58. The summed E-state index contributed by atoms with van der Waals surface area (Å²) in [6.07, 6.45) is 6.53. The Morgan fingerprint density at radius 1 is 1.24 bits per heavy atom. The minimum absolute atomic E-state index is 0.0585. The molecule has 0 aliphatic heterocycles. The van der Waals surface area contributed by atoms with Gasteiger partial charge in [0.1, 0.15) is 0 Å². The monoisotopic (exact) mass is 240 g/mol. The second-order valence-electron chi connectivity index (χ2n) is 5.68. The highest BCUT2D eigenvalue weighted by Gasteiger charge is 2.30. The molecule has 0 heterocycles. The quantitative estimate of drug-likeness (QED) is 0.665. The molecular formula is C13H24N2O2. The molecule has 17 heavy (non-hydrogen) atoms. The van der Waals surface area contributed by atoms with Gasteiger partial charge in [-0.3, -0.25) is 4.79 Å². The van der Waals surface area contributed by atoms with E-state index >= 15 is 0 Å². The molecule has 4 nitrogen and oxygen atoms in total. The molecule has 0 radical (unpaired) electrons. The average Bonchev–Trinajstić information content (AvgIpc) is 3.12. The van der Waals surface area contributed by atoms with E-state index in [1.165, 1.54) is 12.8 Å². The van der Waals surface area contributed by atoms with Crippen molar-refractivity contribution in [3.63, 3.8) is 0 Å². The van der Waals surface area contributed by atoms with E-state index in [4.69, 9.17) is 5.73 Å². The van der Waals surface area contributed by atoms with Gasteiger partial charge in [0.25, 0.3) is 0 Å². The molecule has 2 aliphatic rings. The lowest BCUT2D eigenvalue weighted by Gasteiger charge is -2.25. The van der Waals surface area contributed by atoms with E-state index in [2.05, 4.69) is 5.32 Å². The number of hydrogen-bond acceptors (Lipinski definition) is 3. The topological polar surface area (TPSA) is 75.4 Å². The molecule has 1 unspecified atom stereocenters. The lowest BCUT2D eigenvalue weighted by molar-refractivity contribution is -0.121. The Morgan fingerprint density at radius 3 is 2.47 bits per heavy atom. The van der Waals surface area contributed by atoms with E-state index in [-0.39, 0.29) is 18.1 Å². The summed E-state index contributed by atoms with van der Waals surface area (Å²) in [4.78, 5) is 11.7. The normalized spacial score (nSPS) is 30.9. The Bertz CT molecular complexity index is 258. The average molecular weight is 240 g/mol. The first-order valence-electron chi connectivity index (χ1n) is 6.85. The van der Waals surface area contributed by atoms with Gasteiger partial charge < -0.3 is 16.2 Å². The molecule has 0 aromatic carbocycles. The van der Waals surface area contributed by atoms with Gasteiger partial charge in [-0.25, -0.2) is 0 Å². The van der Waals surface area contributed by atoms with Crippen molar-refractivity contribution in [2.24, 2.45) is 17.6 Å². The van der Waals surface area contributed by atoms with Gasteiger partial charge >= 0.3 is 0 Å². The van der Waals surface area contributed by atoms with E-state index < -0.39 is 0 Å². The van der Waals surface area contributed by atoms with Gasteiger partial charge in [0.2, 0.25) is 5.91 Å². The molecule has 1 atom stereocenters. The van der Waals surface area contributed by atoms with Gasteiger partial charge in [0.05, 0.1) is 6.10 Å². The van der Waals surface area contributed by atoms with Crippen molar-refractivity contribution in [1.29, 1.82) is 0 Å². The maximum absolute atomic E-state index is 11.7. The van der Waals surface area contributed by atoms with E-state index in [0.29, 0.717) is 18.3 Å². The second-order valence-corrected chi connectivity index (χ2v) is 5.68. The number of aliphatic hydroxyl groups is 1. The Labute approximate surface area is 103 Å². The van der Waals surface area contributed by atoms with Crippen LogP contribution in [0.15, 0.2) is 0 Å². The largest absolute Gasteiger partial charge is 0.393 e. The maximum atomic E-state index is 11.7.